The van der Waals surface area contributed by atoms with Gasteiger partial charge in [-0.3, -0.25) is 9.69 Å². The van der Waals surface area contributed by atoms with Crippen LogP contribution in [-0.2, 0) is 16.6 Å². The molecule has 0 aliphatic carbocycles. The maximum atomic E-state index is 13.2. The molecule has 0 spiro atoms. The Hall–Kier alpha value is -2.74. The van der Waals surface area contributed by atoms with Gasteiger partial charge in [-0.1, -0.05) is 42.5 Å². The molecule has 0 saturated carbocycles. The highest BCUT2D eigenvalue weighted by molar-refractivity contribution is 7.89. The minimum absolute atomic E-state index is 0.0778. The molecule has 1 fully saturated rings. The summed E-state index contributed by atoms with van der Waals surface area (Å²) in [5.41, 5.74) is 1.77. The lowest BCUT2D eigenvalue weighted by Crippen LogP contribution is -2.48. The second kappa shape index (κ2) is 10.0. The number of sulfonamides is 1. The molecule has 1 amide bonds. The van der Waals surface area contributed by atoms with Gasteiger partial charge >= 0.3 is 0 Å². The molecule has 174 valence electrons. The van der Waals surface area contributed by atoms with Crippen molar-refractivity contribution in [3.05, 3.63) is 77.9 Å². The minimum atomic E-state index is -3.59. The van der Waals surface area contributed by atoms with E-state index in [9.17, 15) is 13.2 Å². The first-order valence-corrected chi connectivity index (χ1v) is 13.0. The van der Waals surface area contributed by atoms with Crippen LogP contribution in [-0.4, -0.2) is 67.7 Å². The molecule has 3 aromatic carbocycles. The lowest BCUT2D eigenvalue weighted by atomic mass is 10.0. The van der Waals surface area contributed by atoms with Gasteiger partial charge in [-0.2, -0.15) is 4.31 Å². The van der Waals surface area contributed by atoms with Crippen LogP contribution in [0.25, 0.3) is 10.8 Å². The molecule has 4 rings (SSSR count). The maximum Gasteiger partial charge on any atom is 0.253 e. The Morgan fingerprint density at radius 3 is 2.15 bits per heavy atom. The van der Waals surface area contributed by atoms with Crippen LogP contribution in [0.15, 0.2) is 71.6 Å². The minimum Gasteiger partial charge on any atom is -0.339 e. The molecule has 0 radical (unpaired) electrons. The monoisotopic (exact) mass is 465 g/mol. The molecule has 6 nitrogen and oxygen atoms in total. The molecule has 0 bridgehead atoms. The molecule has 0 N–H and O–H groups in total. The van der Waals surface area contributed by atoms with Crippen molar-refractivity contribution in [3.63, 3.8) is 0 Å². The number of nitrogens with zero attached hydrogens (tertiary/aromatic N) is 3. The van der Waals surface area contributed by atoms with Crippen LogP contribution in [0.5, 0.6) is 0 Å². The first-order valence-electron chi connectivity index (χ1n) is 11.5. The number of carbonyl (C=O) groups excluding carboxylic acids is 1. The van der Waals surface area contributed by atoms with Crippen LogP contribution in [0.4, 0.5) is 0 Å². The summed E-state index contributed by atoms with van der Waals surface area (Å²) in [6.45, 7) is 8.18. The third-order valence-electron chi connectivity index (χ3n) is 6.39. The zero-order chi connectivity index (χ0) is 23.4. The Bertz CT molecular complexity index is 1210. The molecular weight excluding hydrogens is 434 g/mol. The second-order valence-corrected chi connectivity index (χ2v) is 10.3. The fourth-order valence-corrected chi connectivity index (χ4v) is 5.83. The third kappa shape index (κ3) is 4.95. The fraction of sp³-hybridized carbons (Fsp3) is 0.346. The summed E-state index contributed by atoms with van der Waals surface area (Å²) in [6, 6.07) is 21.0. The number of benzene rings is 3. The van der Waals surface area contributed by atoms with Gasteiger partial charge in [0.05, 0.1) is 4.90 Å². The Morgan fingerprint density at radius 2 is 1.48 bits per heavy atom. The van der Waals surface area contributed by atoms with Gasteiger partial charge in [-0.25, -0.2) is 8.42 Å². The van der Waals surface area contributed by atoms with Crippen molar-refractivity contribution >= 4 is 26.7 Å². The van der Waals surface area contributed by atoms with Crippen molar-refractivity contribution in [2.24, 2.45) is 0 Å². The van der Waals surface area contributed by atoms with Gasteiger partial charge in [0, 0.05) is 51.4 Å². The highest BCUT2D eigenvalue weighted by Crippen LogP contribution is 2.23. The average Bonchev–Trinajstić information content (AvgIpc) is 2.85. The first kappa shape index (κ1) is 23.4. The summed E-state index contributed by atoms with van der Waals surface area (Å²) < 4.78 is 27.9. The van der Waals surface area contributed by atoms with E-state index < -0.39 is 10.0 Å². The van der Waals surface area contributed by atoms with Crippen LogP contribution in [0.1, 0.15) is 29.8 Å². The van der Waals surface area contributed by atoms with Crippen molar-refractivity contribution in [3.8, 4) is 0 Å². The van der Waals surface area contributed by atoms with Crippen LogP contribution < -0.4 is 0 Å². The van der Waals surface area contributed by atoms with Gasteiger partial charge in [-0.15, -0.1) is 0 Å². The third-order valence-corrected chi connectivity index (χ3v) is 8.31. The largest absolute Gasteiger partial charge is 0.339 e. The van der Waals surface area contributed by atoms with Gasteiger partial charge in [0.25, 0.3) is 5.91 Å². The Kier molecular flexibility index (Phi) is 7.12. The van der Waals surface area contributed by atoms with E-state index in [2.05, 4.69) is 41.3 Å². The number of carbonyl (C=O) groups is 1. The highest BCUT2D eigenvalue weighted by Gasteiger charge is 2.29. The van der Waals surface area contributed by atoms with Gasteiger partial charge in [-0.05, 0) is 54.4 Å². The standard InChI is InChI=1S/C26H31N3O3S/c1-3-28(4-2)26(30)22-12-14-24(15-13-22)33(31,32)29-18-16-27(17-19-29)20-23-10-7-9-21-8-5-6-11-25(21)23/h5-15H,3-4,16-20H2,1-2H3. The van der Waals surface area contributed by atoms with Gasteiger partial charge in [0.15, 0.2) is 0 Å². The first-order chi connectivity index (χ1) is 15.9. The van der Waals surface area contributed by atoms with E-state index in [0.717, 1.165) is 6.54 Å². The number of rotatable bonds is 7. The second-order valence-electron chi connectivity index (χ2n) is 8.32. The topological polar surface area (TPSA) is 60.9 Å². The van der Waals surface area contributed by atoms with Gasteiger partial charge in [0.1, 0.15) is 0 Å². The molecule has 7 heteroatoms. The lowest BCUT2D eigenvalue weighted by Gasteiger charge is -2.34. The van der Waals surface area contributed by atoms with E-state index in [1.54, 1.807) is 33.5 Å². The number of piperazine rings is 1. The average molecular weight is 466 g/mol. The summed E-state index contributed by atoms with van der Waals surface area (Å²) in [5.74, 6) is -0.0778. The van der Waals surface area contributed by atoms with Crippen LogP contribution in [0.2, 0.25) is 0 Å². The summed E-state index contributed by atoms with van der Waals surface area (Å²) in [5, 5.41) is 2.47. The number of fused-ring (bicyclic) bond motifs is 1. The van der Waals surface area contributed by atoms with E-state index >= 15 is 0 Å². The van der Waals surface area contributed by atoms with Crippen molar-refractivity contribution in [1.82, 2.24) is 14.1 Å². The van der Waals surface area contributed by atoms with Crippen LogP contribution in [0, 0.1) is 0 Å². The Balaban J connectivity index is 1.41. The van der Waals surface area contributed by atoms with Gasteiger partial charge < -0.3 is 4.90 Å². The molecule has 1 heterocycles. The summed E-state index contributed by atoms with van der Waals surface area (Å²) >= 11 is 0. The normalized spacial score (nSPS) is 15.6. The zero-order valence-electron chi connectivity index (χ0n) is 19.3. The molecule has 1 aliphatic heterocycles. The highest BCUT2D eigenvalue weighted by atomic mass is 32.2. The molecule has 3 aromatic rings. The maximum absolute atomic E-state index is 13.2. The number of hydrogen-bond donors (Lipinski definition) is 0. The number of hydrogen-bond acceptors (Lipinski definition) is 4. The quantitative estimate of drug-likeness (QED) is 0.532. The Morgan fingerprint density at radius 1 is 0.848 bits per heavy atom. The molecule has 1 saturated heterocycles. The molecular formula is C26H31N3O3S. The molecule has 33 heavy (non-hydrogen) atoms. The van der Waals surface area contributed by atoms with E-state index in [1.807, 2.05) is 19.9 Å². The Labute approximate surface area is 196 Å². The van der Waals surface area contributed by atoms with E-state index in [1.165, 1.54) is 16.3 Å². The predicted molar refractivity (Wildman–Crippen MR) is 132 cm³/mol. The predicted octanol–water partition coefficient (Wildman–Crippen LogP) is 3.83. The van der Waals surface area contributed by atoms with Crippen molar-refractivity contribution in [2.75, 3.05) is 39.3 Å². The SMILES string of the molecule is CCN(CC)C(=O)c1ccc(S(=O)(=O)N2CCN(Cc3cccc4ccccc34)CC2)cc1. The van der Waals surface area contributed by atoms with Crippen molar-refractivity contribution < 1.29 is 13.2 Å². The molecule has 0 aromatic heterocycles. The van der Waals surface area contributed by atoms with Gasteiger partial charge in [0.2, 0.25) is 10.0 Å². The number of amides is 1. The summed E-state index contributed by atoms with van der Waals surface area (Å²) in [6.07, 6.45) is 0. The van der Waals surface area contributed by atoms with E-state index in [-0.39, 0.29) is 10.8 Å². The fourth-order valence-electron chi connectivity index (χ4n) is 4.41. The molecule has 0 atom stereocenters. The molecule has 0 unspecified atom stereocenters. The summed E-state index contributed by atoms with van der Waals surface area (Å²) in [4.78, 5) is 16.8. The zero-order valence-corrected chi connectivity index (χ0v) is 20.1. The van der Waals surface area contributed by atoms with Crippen LogP contribution in [0.3, 0.4) is 0 Å². The molecule has 1 aliphatic rings. The summed E-state index contributed by atoms with van der Waals surface area (Å²) in [7, 11) is -3.59. The van der Waals surface area contributed by atoms with Crippen molar-refractivity contribution in [1.29, 1.82) is 0 Å². The van der Waals surface area contributed by atoms with Crippen molar-refractivity contribution in [2.45, 2.75) is 25.3 Å². The van der Waals surface area contributed by atoms with E-state index in [0.29, 0.717) is 44.8 Å². The smallest absolute Gasteiger partial charge is 0.253 e. The van der Waals surface area contributed by atoms with E-state index in [4.69, 9.17) is 0 Å². The lowest BCUT2D eigenvalue weighted by molar-refractivity contribution is 0.0773. The van der Waals surface area contributed by atoms with Crippen LogP contribution >= 0.6 is 0 Å².